The Morgan fingerprint density at radius 3 is 2.38 bits per heavy atom. The molecule has 0 heterocycles. The summed E-state index contributed by atoms with van der Waals surface area (Å²) in [7, 11) is 0. The molecular formula is C17H22N2O5. The van der Waals surface area contributed by atoms with Crippen LogP contribution in [0.25, 0.3) is 0 Å². The van der Waals surface area contributed by atoms with Gasteiger partial charge >= 0.3 is 5.97 Å². The highest BCUT2D eigenvalue weighted by Gasteiger charge is 2.07. The Balaban J connectivity index is 2.28. The number of esters is 1. The average molecular weight is 334 g/mol. The van der Waals surface area contributed by atoms with Crippen molar-refractivity contribution in [2.45, 2.75) is 33.1 Å². The first kappa shape index (κ1) is 19.3. The Labute approximate surface area is 140 Å². The molecule has 0 fully saturated rings. The minimum Gasteiger partial charge on any atom is -0.427 e. The van der Waals surface area contributed by atoms with E-state index in [0.29, 0.717) is 30.8 Å². The summed E-state index contributed by atoms with van der Waals surface area (Å²) in [4.78, 5) is 45.0. The number of benzene rings is 1. The Kier molecular flexibility index (Phi) is 8.18. The molecule has 0 spiro atoms. The topological polar surface area (TPSA) is 102 Å². The van der Waals surface area contributed by atoms with Crippen LogP contribution in [-0.4, -0.2) is 36.7 Å². The highest BCUT2D eigenvalue weighted by molar-refractivity contribution is 5.94. The zero-order valence-electron chi connectivity index (χ0n) is 13.9. The molecule has 24 heavy (non-hydrogen) atoms. The minimum atomic E-state index is -0.451. The van der Waals surface area contributed by atoms with Crippen molar-refractivity contribution in [2.75, 3.05) is 13.1 Å². The lowest BCUT2D eigenvalue weighted by Gasteiger charge is -2.08. The van der Waals surface area contributed by atoms with Crippen molar-refractivity contribution in [2.24, 2.45) is 0 Å². The van der Waals surface area contributed by atoms with E-state index < -0.39 is 5.97 Å². The largest absolute Gasteiger partial charge is 0.427 e. The van der Waals surface area contributed by atoms with Crippen LogP contribution >= 0.6 is 0 Å². The Bertz CT molecular complexity index is 613. The second kappa shape index (κ2) is 10.1. The van der Waals surface area contributed by atoms with Crippen LogP contribution in [-0.2, 0) is 14.4 Å². The van der Waals surface area contributed by atoms with Gasteiger partial charge in [0.05, 0.1) is 0 Å². The highest BCUT2D eigenvalue weighted by Crippen LogP contribution is 2.13. The molecule has 0 atom stereocenters. The third-order valence-electron chi connectivity index (χ3n) is 3.02. The number of hydrogen-bond donors (Lipinski definition) is 2. The van der Waals surface area contributed by atoms with Gasteiger partial charge < -0.3 is 20.2 Å². The van der Waals surface area contributed by atoms with E-state index in [1.807, 2.05) is 0 Å². The molecule has 1 rings (SSSR count). The van der Waals surface area contributed by atoms with Crippen molar-refractivity contribution in [3.63, 3.8) is 0 Å². The van der Waals surface area contributed by atoms with Crippen LogP contribution in [0.4, 0.5) is 0 Å². The summed E-state index contributed by atoms with van der Waals surface area (Å²) in [6, 6.07) is 6.32. The first-order valence-electron chi connectivity index (χ1n) is 7.71. The van der Waals surface area contributed by atoms with Gasteiger partial charge in [0.25, 0.3) is 5.91 Å². The number of carbonyl (C=O) groups excluding carboxylic acids is 4. The summed E-state index contributed by atoms with van der Waals surface area (Å²) >= 11 is 0. The van der Waals surface area contributed by atoms with Gasteiger partial charge in [0.15, 0.2) is 0 Å². The van der Waals surface area contributed by atoms with Gasteiger partial charge in [-0.25, -0.2) is 0 Å². The van der Waals surface area contributed by atoms with Crippen molar-refractivity contribution >= 4 is 23.6 Å². The van der Waals surface area contributed by atoms with Crippen LogP contribution < -0.4 is 15.4 Å². The van der Waals surface area contributed by atoms with Crippen molar-refractivity contribution in [3.8, 4) is 5.75 Å². The number of carbonyl (C=O) groups is 4. The molecule has 2 amide bonds. The van der Waals surface area contributed by atoms with Gasteiger partial charge in [-0.05, 0) is 31.5 Å². The fourth-order valence-corrected chi connectivity index (χ4v) is 1.86. The van der Waals surface area contributed by atoms with Gasteiger partial charge in [0.1, 0.15) is 11.5 Å². The van der Waals surface area contributed by atoms with Crippen molar-refractivity contribution in [1.29, 1.82) is 0 Å². The van der Waals surface area contributed by atoms with Crippen LogP contribution in [0, 0.1) is 0 Å². The average Bonchev–Trinajstić information content (AvgIpc) is 2.52. The number of ether oxygens (including phenoxy) is 1. The van der Waals surface area contributed by atoms with Crippen molar-refractivity contribution < 1.29 is 23.9 Å². The number of amides is 2. The van der Waals surface area contributed by atoms with Crippen molar-refractivity contribution in [1.82, 2.24) is 10.6 Å². The van der Waals surface area contributed by atoms with E-state index in [1.54, 1.807) is 18.2 Å². The number of rotatable bonds is 9. The molecular weight excluding hydrogens is 312 g/mol. The van der Waals surface area contributed by atoms with Gasteiger partial charge in [0, 0.05) is 38.4 Å². The van der Waals surface area contributed by atoms with Gasteiger partial charge in [-0.2, -0.15) is 0 Å². The van der Waals surface area contributed by atoms with E-state index >= 15 is 0 Å². The predicted molar refractivity (Wildman–Crippen MR) is 87.6 cm³/mol. The summed E-state index contributed by atoms with van der Waals surface area (Å²) in [6.07, 6.45) is 0.993. The molecule has 7 nitrogen and oxygen atoms in total. The number of ketones is 1. The fraction of sp³-hybridized carbons (Fsp3) is 0.412. The van der Waals surface area contributed by atoms with Gasteiger partial charge in [0.2, 0.25) is 5.91 Å². The van der Waals surface area contributed by atoms with Crippen molar-refractivity contribution in [3.05, 3.63) is 29.8 Å². The van der Waals surface area contributed by atoms with E-state index in [9.17, 15) is 19.2 Å². The van der Waals surface area contributed by atoms with Gasteiger partial charge in [-0.1, -0.05) is 6.07 Å². The second-order valence-corrected chi connectivity index (χ2v) is 5.28. The smallest absolute Gasteiger partial charge is 0.308 e. The molecule has 1 aromatic carbocycles. The van der Waals surface area contributed by atoms with Crippen LogP contribution in [0.15, 0.2) is 24.3 Å². The molecule has 1 aromatic rings. The van der Waals surface area contributed by atoms with Crippen LogP contribution in [0.5, 0.6) is 5.75 Å². The maximum Gasteiger partial charge on any atom is 0.308 e. The molecule has 0 saturated carbocycles. The molecule has 0 bridgehead atoms. The molecule has 0 aliphatic heterocycles. The summed E-state index contributed by atoms with van der Waals surface area (Å²) in [5, 5.41) is 5.40. The van der Waals surface area contributed by atoms with Gasteiger partial charge in [-0.3, -0.25) is 14.4 Å². The maximum atomic E-state index is 12.0. The minimum absolute atomic E-state index is 0.0200. The molecule has 0 saturated heterocycles. The SMILES string of the molecule is CC(=O)CCC(=O)NCCCNC(=O)c1cccc(OC(C)=O)c1. The molecule has 0 radical (unpaired) electrons. The first-order chi connectivity index (χ1) is 11.4. The third-order valence-corrected chi connectivity index (χ3v) is 3.02. The number of nitrogens with one attached hydrogen (secondary N) is 2. The van der Waals surface area contributed by atoms with Crippen LogP contribution in [0.3, 0.4) is 0 Å². The predicted octanol–water partition coefficient (Wildman–Crippen LogP) is 1.22. The summed E-state index contributed by atoms with van der Waals surface area (Å²) < 4.78 is 4.92. The summed E-state index contributed by atoms with van der Waals surface area (Å²) in [6.45, 7) is 3.55. The first-order valence-corrected chi connectivity index (χ1v) is 7.71. The monoisotopic (exact) mass is 334 g/mol. The van der Waals surface area contributed by atoms with E-state index in [2.05, 4.69) is 10.6 Å². The zero-order chi connectivity index (χ0) is 17.9. The quantitative estimate of drug-likeness (QED) is 0.402. The normalized spacial score (nSPS) is 9.92. The lowest BCUT2D eigenvalue weighted by Crippen LogP contribution is -2.30. The van der Waals surface area contributed by atoms with E-state index in [1.165, 1.54) is 19.9 Å². The zero-order valence-corrected chi connectivity index (χ0v) is 13.9. The highest BCUT2D eigenvalue weighted by atomic mass is 16.5. The molecule has 0 aliphatic carbocycles. The van der Waals surface area contributed by atoms with E-state index in [4.69, 9.17) is 4.74 Å². The second-order valence-electron chi connectivity index (χ2n) is 5.28. The summed E-state index contributed by atoms with van der Waals surface area (Å²) in [5.74, 6) is -0.619. The van der Waals surface area contributed by atoms with Crippen LogP contribution in [0.2, 0.25) is 0 Å². The molecule has 2 N–H and O–H groups in total. The Morgan fingerprint density at radius 1 is 1.00 bits per heavy atom. The maximum absolute atomic E-state index is 12.0. The molecule has 130 valence electrons. The molecule has 0 aliphatic rings. The molecule has 7 heteroatoms. The number of Topliss-reactive ketones (excluding diaryl/α,β-unsaturated/α-hetero) is 1. The lowest BCUT2D eigenvalue weighted by molar-refractivity contribution is -0.132. The van der Waals surface area contributed by atoms with Crippen LogP contribution in [0.1, 0.15) is 43.5 Å². The van der Waals surface area contributed by atoms with Gasteiger partial charge in [-0.15, -0.1) is 0 Å². The Morgan fingerprint density at radius 2 is 1.71 bits per heavy atom. The third kappa shape index (κ3) is 8.07. The molecule has 0 aromatic heterocycles. The Hall–Kier alpha value is -2.70. The van der Waals surface area contributed by atoms with E-state index in [0.717, 1.165) is 0 Å². The summed E-state index contributed by atoms with van der Waals surface area (Å²) in [5.41, 5.74) is 0.388. The van der Waals surface area contributed by atoms with E-state index in [-0.39, 0.29) is 30.4 Å². The molecule has 0 unspecified atom stereocenters. The lowest BCUT2D eigenvalue weighted by atomic mass is 10.2. The number of hydrogen-bond acceptors (Lipinski definition) is 5. The fourth-order valence-electron chi connectivity index (χ4n) is 1.86. The standard InChI is InChI=1S/C17H22N2O5/c1-12(20)7-8-16(22)18-9-4-10-19-17(23)14-5-3-6-15(11-14)24-13(2)21/h3,5-6,11H,4,7-10H2,1-2H3,(H,18,22)(H,19,23).